The molecule has 0 atom stereocenters. The first-order valence-electron chi connectivity index (χ1n) is 6.21. The highest BCUT2D eigenvalue weighted by atomic mass is 32.1. The minimum atomic E-state index is 1.10. The first kappa shape index (κ1) is 10.8. The first-order chi connectivity index (χ1) is 9.34. The molecule has 0 radical (unpaired) electrons. The normalized spacial score (nSPS) is 11.4. The third-order valence-corrected chi connectivity index (χ3v) is 4.38. The molecule has 3 heteroatoms. The highest BCUT2D eigenvalue weighted by Gasteiger charge is 2.11. The summed E-state index contributed by atoms with van der Waals surface area (Å²) < 4.78 is 3.48. The second-order valence-corrected chi connectivity index (χ2v) is 5.54. The Hall–Kier alpha value is -2.13. The van der Waals surface area contributed by atoms with Crippen LogP contribution in [0.15, 0.2) is 54.0 Å². The van der Waals surface area contributed by atoms with Gasteiger partial charge in [-0.3, -0.25) is 0 Å². The van der Waals surface area contributed by atoms with Crippen molar-refractivity contribution in [2.45, 2.75) is 0 Å². The minimum Gasteiger partial charge on any atom is -0.344 e. The Bertz CT molecular complexity index is 886. The van der Waals surface area contributed by atoms with E-state index in [9.17, 15) is 0 Å². The second kappa shape index (κ2) is 3.93. The molecular weight excluding hydrogens is 252 g/mol. The number of thiazole rings is 1. The monoisotopic (exact) mass is 264 g/mol. The maximum Gasteiger partial charge on any atom is 0.0905 e. The van der Waals surface area contributed by atoms with Crippen LogP contribution in [0, 0.1) is 0 Å². The van der Waals surface area contributed by atoms with Crippen molar-refractivity contribution in [3.63, 3.8) is 0 Å². The summed E-state index contributed by atoms with van der Waals surface area (Å²) >= 11 is 1.69. The van der Waals surface area contributed by atoms with Crippen LogP contribution in [0.5, 0.6) is 0 Å². The third kappa shape index (κ3) is 1.52. The molecule has 0 N–H and O–H groups in total. The number of hydrogen-bond acceptors (Lipinski definition) is 2. The molecular formula is C16H12N2S. The van der Waals surface area contributed by atoms with Crippen LogP contribution in [0.3, 0.4) is 0 Å². The van der Waals surface area contributed by atoms with Gasteiger partial charge in [0.25, 0.3) is 0 Å². The molecule has 0 bridgehead atoms. The van der Waals surface area contributed by atoms with E-state index in [4.69, 9.17) is 0 Å². The molecule has 4 rings (SSSR count). The standard InChI is InChI=1S/C16H12N2S/c1-18-13-7-3-2-5-11(13)9-14(18)12-6-4-8-15-16(12)17-10-19-15/h2-10H,1H3. The topological polar surface area (TPSA) is 17.8 Å². The first-order valence-corrected chi connectivity index (χ1v) is 7.09. The zero-order valence-corrected chi connectivity index (χ0v) is 11.3. The number of fused-ring (bicyclic) bond motifs is 2. The number of rotatable bonds is 1. The SMILES string of the molecule is Cn1c(-c2cccc3scnc23)cc2ccccc21. The molecule has 0 amide bonds. The lowest BCUT2D eigenvalue weighted by Gasteiger charge is -2.05. The molecule has 0 spiro atoms. The molecule has 19 heavy (non-hydrogen) atoms. The summed E-state index contributed by atoms with van der Waals surface area (Å²) in [4.78, 5) is 4.51. The summed E-state index contributed by atoms with van der Waals surface area (Å²) in [7, 11) is 2.11. The summed E-state index contributed by atoms with van der Waals surface area (Å²) in [5.41, 5.74) is 6.69. The van der Waals surface area contributed by atoms with E-state index in [0.29, 0.717) is 0 Å². The van der Waals surface area contributed by atoms with Crippen LogP contribution in [-0.4, -0.2) is 9.55 Å². The van der Waals surface area contributed by atoms with Crippen molar-refractivity contribution < 1.29 is 0 Å². The van der Waals surface area contributed by atoms with E-state index in [2.05, 4.69) is 65.1 Å². The van der Waals surface area contributed by atoms with Crippen LogP contribution in [0.25, 0.3) is 32.4 Å². The van der Waals surface area contributed by atoms with Gasteiger partial charge in [-0.2, -0.15) is 0 Å². The molecule has 0 aliphatic heterocycles. The quantitative estimate of drug-likeness (QED) is 0.496. The molecule has 2 heterocycles. The maximum absolute atomic E-state index is 4.51. The van der Waals surface area contributed by atoms with E-state index in [1.807, 2.05) is 5.51 Å². The van der Waals surface area contributed by atoms with Crippen molar-refractivity contribution in [3.05, 3.63) is 54.0 Å². The van der Waals surface area contributed by atoms with Crippen LogP contribution >= 0.6 is 11.3 Å². The Morgan fingerprint density at radius 3 is 2.84 bits per heavy atom. The fourth-order valence-corrected chi connectivity index (χ4v) is 3.34. The van der Waals surface area contributed by atoms with Crippen LogP contribution < -0.4 is 0 Å². The van der Waals surface area contributed by atoms with Gasteiger partial charge in [0.15, 0.2) is 0 Å². The Balaban J connectivity index is 2.09. The lowest BCUT2D eigenvalue weighted by atomic mass is 10.1. The lowest BCUT2D eigenvalue weighted by Crippen LogP contribution is -1.91. The van der Waals surface area contributed by atoms with Gasteiger partial charge in [0, 0.05) is 23.5 Å². The Morgan fingerprint density at radius 2 is 1.95 bits per heavy atom. The van der Waals surface area contributed by atoms with Crippen molar-refractivity contribution in [2.75, 3.05) is 0 Å². The Morgan fingerprint density at radius 1 is 1.05 bits per heavy atom. The Kier molecular flexibility index (Phi) is 2.23. The lowest BCUT2D eigenvalue weighted by molar-refractivity contribution is 0.979. The molecule has 0 saturated carbocycles. The summed E-state index contributed by atoms with van der Waals surface area (Å²) in [6.45, 7) is 0. The van der Waals surface area contributed by atoms with Crippen LogP contribution in [0.4, 0.5) is 0 Å². The van der Waals surface area contributed by atoms with Gasteiger partial charge in [0.2, 0.25) is 0 Å². The Labute approximate surface area is 114 Å². The molecule has 92 valence electrons. The third-order valence-electron chi connectivity index (χ3n) is 3.59. The summed E-state index contributed by atoms with van der Waals surface area (Å²) in [5, 5.41) is 1.27. The number of hydrogen-bond donors (Lipinski definition) is 0. The van der Waals surface area contributed by atoms with E-state index >= 15 is 0 Å². The van der Waals surface area contributed by atoms with Gasteiger partial charge < -0.3 is 4.57 Å². The number of aryl methyl sites for hydroxylation is 1. The molecule has 2 aromatic carbocycles. The average molecular weight is 264 g/mol. The molecule has 2 nitrogen and oxygen atoms in total. The van der Waals surface area contributed by atoms with Gasteiger partial charge in [0.1, 0.15) is 0 Å². The molecule has 2 aromatic heterocycles. The van der Waals surface area contributed by atoms with Gasteiger partial charge in [-0.05, 0) is 18.2 Å². The maximum atomic E-state index is 4.51. The van der Waals surface area contributed by atoms with E-state index in [1.165, 1.54) is 26.9 Å². The van der Waals surface area contributed by atoms with Gasteiger partial charge in [-0.1, -0.05) is 30.3 Å². The zero-order chi connectivity index (χ0) is 12.8. The van der Waals surface area contributed by atoms with E-state index < -0.39 is 0 Å². The number of benzene rings is 2. The smallest absolute Gasteiger partial charge is 0.0905 e. The van der Waals surface area contributed by atoms with E-state index in [-0.39, 0.29) is 0 Å². The molecule has 0 fully saturated rings. The fraction of sp³-hybridized carbons (Fsp3) is 0.0625. The second-order valence-electron chi connectivity index (χ2n) is 4.65. The van der Waals surface area contributed by atoms with Crippen LogP contribution in [-0.2, 0) is 7.05 Å². The highest BCUT2D eigenvalue weighted by molar-refractivity contribution is 7.16. The molecule has 0 unspecified atom stereocenters. The van der Waals surface area contributed by atoms with Gasteiger partial charge >= 0.3 is 0 Å². The van der Waals surface area contributed by atoms with Crippen molar-refractivity contribution in [3.8, 4) is 11.3 Å². The summed E-state index contributed by atoms with van der Waals surface area (Å²) in [5.74, 6) is 0. The fourth-order valence-electron chi connectivity index (χ4n) is 2.64. The van der Waals surface area contributed by atoms with E-state index in [0.717, 1.165) is 5.52 Å². The highest BCUT2D eigenvalue weighted by Crippen LogP contribution is 2.32. The molecule has 0 aliphatic rings. The number of para-hydroxylation sites is 2. The van der Waals surface area contributed by atoms with E-state index in [1.54, 1.807) is 11.3 Å². The largest absolute Gasteiger partial charge is 0.344 e. The average Bonchev–Trinajstić information content (AvgIpc) is 3.04. The molecule has 0 saturated heterocycles. The number of nitrogens with zero attached hydrogens (tertiary/aromatic N) is 2. The summed E-state index contributed by atoms with van der Waals surface area (Å²) in [6.07, 6.45) is 0. The van der Waals surface area contributed by atoms with Crippen LogP contribution in [0.2, 0.25) is 0 Å². The van der Waals surface area contributed by atoms with Gasteiger partial charge in [-0.25, -0.2) is 4.98 Å². The van der Waals surface area contributed by atoms with Crippen LogP contribution in [0.1, 0.15) is 0 Å². The van der Waals surface area contributed by atoms with Crippen molar-refractivity contribution >= 4 is 32.5 Å². The number of aromatic nitrogens is 2. The zero-order valence-electron chi connectivity index (χ0n) is 10.5. The van der Waals surface area contributed by atoms with Crippen molar-refractivity contribution in [2.24, 2.45) is 7.05 Å². The summed E-state index contributed by atoms with van der Waals surface area (Å²) in [6, 6.07) is 17.1. The molecule has 0 aliphatic carbocycles. The van der Waals surface area contributed by atoms with Gasteiger partial charge in [-0.15, -0.1) is 11.3 Å². The van der Waals surface area contributed by atoms with Gasteiger partial charge in [0.05, 0.1) is 21.4 Å². The van der Waals surface area contributed by atoms with Crippen molar-refractivity contribution in [1.29, 1.82) is 0 Å². The molecule has 4 aromatic rings. The predicted molar refractivity (Wildman–Crippen MR) is 81.5 cm³/mol. The van der Waals surface area contributed by atoms with Crippen molar-refractivity contribution in [1.82, 2.24) is 9.55 Å². The predicted octanol–water partition coefficient (Wildman–Crippen LogP) is 4.46. The minimum absolute atomic E-state index is 1.10.